The lowest BCUT2D eigenvalue weighted by atomic mass is 10.2. The van der Waals surface area contributed by atoms with Crippen molar-refractivity contribution in [2.75, 3.05) is 12.3 Å². The van der Waals surface area contributed by atoms with E-state index in [0.717, 1.165) is 17.3 Å². The van der Waals surface area contributed by atoms with Gasteiger partial charge in [0.25, 0.3) is 5.56 Å². The van der Waals surface area contributed by atoms with E-state index in [1.807, 2.05) is 31.2 Å². The van der Waals surface area contributed by atoms with Crippen molar-refractivity contribution in [3.8, 4) is 5.69 Å². The fraction of sp³-hybridized carbons (Fsp3) is 0.158. The fourth-order valence-corrected chi connectivity index (χ4v) is 3.63. The maximum absolute atomic E-state index is 13.2. The molecule has 144 valence electrons. The van der Waals surface area contributed by atoms with Crippen molar-refractivity contribution in [2.45, 2.75) is 12.1 Å². The Labute approximate surface area is 169 Å². The molecular formula is C19H17ClN4O3S. The van der Waals surface area contributed by atoms with E-state index in [9.17, 15) is 14.4 Å². The predicted molar refractivity (Wildman–Crippen MR) is 110 cm³/mol. The molecule has 0 bridgehead atoms. The summed E-state index contributed by atoms with van der Waals surface area (Å²) in [4.78, 5) is 40.5. The van der Waals surface area contributed by atoms with E-state index in [1.165, 1.54) is 4.57 Å². The van der Waals surface area contributed by atoms with Crippen molar-refractivity contribution in [1.29, 1.82) is 0 Å². The third-order valence-corrected chi connectivity index (χ3v) is 5.12. The van der Waals surface area contributed by atoms with E-state index in [1.54, 1.807) is 18.2 Å². The number of thioether (sulfide) groups is 1. The second-order valence-electron chi connectivity index (χ2n) is 6.01. The molecule has 7 nitrogen and oxygen atoms in total. The maximum atomic E-state index is 13.2. The van der Waals surface area contributed by atoms with Crippen LogP contribution in [0.2, 0.25) is 5.02 Å². The first-order valence-corrected chi connectivity index (χ1v) is 9.69. The van der Waals surface area contributed by atoms with Crippen LogP contribution in [0.25, 0.3) is 16.6 Å². The average Bonchev–Trinajstić information content (AvgIpc) is 2.65. The second kappa shape index (κ2) is 8.45. The topological polar surface area (TPSA) is 107 Å². The normalized spacial score (nSPS) is 10.8. The lowest BCUT2D eigenvalue weighted by molar-refractivity contribution is -0.123. The molecule has 0 fully saturated rings. The van der Waals surface area contributed by atoms with E-state index < -0.39 is 5.91 Å². The van der Waals surface area contributed by atoms with Gasteiger partial charge in [-0.1, -0.05) is 41.6 Å². The van der Waals surface area contributed by atoms with Crippen molar-refractivity contribution in [1.82, 2.24) is 14.9 Å². The molecular weight excluding hydrogens is 400 g/mol. The van der Waals surface area contributed by atoms with Gasteiger partial charge in [-0.3, -0.25) is 19.0 Å². The Hall–Kier alpha value is -2.84. The monoisotopic (exact) mass is 416 g/mol. The molecule has 0 atom stereocenters. The van der Waals surface area contributed by atoms with Crippen molar-refractivity contribution in [3.63, 3.8) is 0 Å². The molecule has 3 rings (SSSR count). The van der Waals surface area contributed by atoms with Gasteiger partial charge in [-0.05, 0) is 36.8 Å². The average molecular weight is 417 g/mol. The zero-order chi connectivity index (χ0) is 20.3. The minimum atomic E-state index is -0.631. The van der Waals surface area contributed by atoms with Gasteiger partial charge in [0.05, 0.1) is 28.9 Å². The van der Waals surface area contributed by atoms with Gasteiger partial charge in [-0.2, -0.15) is 0 Å². The first-order chi connectivity index (χ1) is 13.4. The zero-order valence-corrected chi connectivity index (χ0v) is 16.5. The van der Waals surface area contributed by atoms with Gasteiger partial charge in [-0.15, -0.1) is 0 Å². The van der Waals surface area contributed by atoms with E-state index >= 15 is 0 Å². The van der Waals surface area contributed by atoms with Gasteiger partial charge in [0.2, 0.25) is 11.8 Å². The highest BCUT2D eigenvalue weighted by molar-refractivity contribution is 7.99. The molecule has 9 heteroatoms. The van der Waals surface area contributed by atoms with Crippen LogP contribution in [0.1, 0.15) is 5.56 Å². The number of fused-ring (bicyclic) bond motifs is 1. The van der Waals surface area contributed by atoms with Crippen LogP contribution >= 0.6 is 23.4 Å². The number of halogens is 1. The lowest BCUT2D eigenvalue weighted by Crippen LogP contribution is -2.34. The van der Waals surface area contributed by atoms with Crippen LogP contribution in [0, 0.1) is 6.92 Å². The fourth-order valence-electron chi connectivity index (χ4n) is 2.63. The summed E-state index contributed by atoms with van der Waals surface area (Å²) in [5.74, 6) is -1.05. The SMILES string of the molecule is Cc1ccccc1-n1c(SCC(=O)NCC(N)=O)nc2cc(Cl)ccc2c1=O. The highest BCUT2D eigenvalue weighted by Gasteiger charge is 2.16. The standard InChI is InChI=1S/C19H17ClN4O3S/c1-11-4-2-3-5-15(11)24-18(27)13-7-6-12(20)8-14(13)23-19(24)28-10-17(26)22-9-16(21)25/h2-8H,9-10H2,1H3,(H2,21,25)(H,22,26). The van der Waals surface area contributed by atoms with Crippen molar-refractivity contribution in [2.24, 2.45) is 5.73 Å². The number of benzene rings is 2. The highest BCUT2D eigenvalue weighted by atomic mass is 35.5. The van der Waals surface area contributed by atoms with Crippen LogP contribution in [0.3, 0.4) is 0 Å². The summed E-state index contributed by atoms with van der Waals surface area (Å²) >= 11 is 7.13. The summed E-state index contributed by atoms with van der Waals surface area (Å²) in [6.45, 7) is 1.65. The third kappa shape index (κ3) is 4.35. The van der Waals surface area contributed by atoms with Crippen LogP contribution in [0.15, 0.2) is 52.4 Å². The predicted octanol–water partition coefficient (Wildman–Crippen LogP) is 2.04. The van der Waals surface area contributed by atoms with Gasteiger partial charge in [0.1, 0.15) is 0 Å². The van der Waals surface area contributed by atoms with E-state index in [2.05, 4.69) is 10.3 Å². The summed E-state index contributed by atoms with van der Waals surface area (Å²) in [6.07, 6.45) is 0. The number of nitrogens with zero attached hydrogens (tertiary/aromatic N) is 2. The molecule has 2 aromatic carbocycles. The zero-order valence-electron chi connectivity index (χ0n) is 14.9. The summed E-state index contributed by atoms with van der Waals surface area (Å²) in [7, 11) is 0. The third-order valence-electron chi connectivity index (χ3n) is 3.95. The van der Waals surface area contributed by atoms with Gasteiger partial charge < -0.3 is 11.1 Å². The summed E-state index contributed by atoms with van der Waals surface area (Å²) < 4.78 is 1.48. The summed E-state index contributed by atoms with van der Waals surface area (Å²) in [5.41, 5.74) is 6.79. The molecule has 1 heterocycles. The second-order valence-corrected chi connectivity index (χ2v) is 7.39. The number of primary amides is 1. The molecule has 3 N–H and O–H groups in total. The highest BCUT2D eigenvalue weighted by Crippen LogP contribution is 2.24. The Morgan fingerprint density at radius 2 is 2.00 bits per heavy atom. The molecule has 0 saturated heterocycles. The Balaban J connectivity index is 2.07. The van der Waals surface area contributed by atoms with Crippen LogP contribution in [0.5, 0.6) is 0 Å². The number of hydrogen-bond acceptors (Lipinski definition) is 5. The molecule has 0 unspecified atom stereocenters. The van der Waals surface area contributed by atoms with Crippen LogP contribution in [-0.2, 0) is 9.59 Å². The largest absolute Gasteiger partial charge is 0.368 e. The maximum Gasteiger partial charge on any atom is 0.266 e. The van der Waals surface area contributed by atoms with Gasteiger partial charge in [-0.25, -0.2) is 4.98 Å². The lowest BCUT2D eigenvalue weighted by Gasteiger charge is -2.15. The molecule has 0 radical (unpaired) electrons. The number of para-hydroxylation sites is 1. The number of amides is 2. The smallest absolute Gasteiger partial charge is 0.266 e. The molecule has 0 saturated carbocycles. The number of aryl methyl sites for hydroxylation is 1. The number of hydrogen-bond donors (Lipinski definition) is 2. The minimum Gasteiger partial charge on any atom is -0.368 e. The number of rotatable bonds is 6. The molecule has 0 aliphatic heterocycles. The molecule has 28 heavy (non-hydrogen) atoms. The Bertz CT molecular complexity index is 1130. The van der Waals surface area contributed by atoms with Crippen LogP contribution in [0.4, 0.5) is 0 Å². The van der Waals surface area contributed by atoms with E-state index in [4.69, 9.17) is 17.3 Å². The van der Waals surface area contributed by atoms with Gasteiger partial charge >= 0.3 is 0 Å². The number of carbonyl (C=O) groups is 2. The molecule has 0 aliphatic carbocycles. The van der Waals surface area contributed by atoms with Crippen LogP contribution in [-0.4, -0.2) is 33.7 Å². The van der Waals surface area contributed by atoms with Crippen molar-refractivity contribution < 1.29 is 9.59 Å². The Morgan fingerprint density at radius 3 is 2.71 bits per heavy atom. The number of aromatic nitrogens is 2. The van der Waals surface area contributed by atoms with E-state index in [0.29, 0.717) is 26.8 Å². The molecule has 1 aromatic heterocycles. The number of nitrogens with two attached hydrogens (primary N) is 1. The molecule has 0 aliphatic rings. The first kappa shape index (κ1) is 19.9. The van der Waals surface area contributed by atoms with Crippen molar-refractivity contribution >= 4 is 46.1 Å². The van der Waals surface area contributed by atoms with Gasteiger partial charge in [0.15, 0.2) is 5.16 Å². The van der Waals surface area contributed by atoms with Gasteiger partial charge in [0, 0.05) is 5.02 Å². The molecule has 0 spiro atoms. The molecule has 3 aromatic rings. The minimum absolute atomic E-state index is 0.0301. The first-order valence-electron chi connectivity index (χ1n) is 8.33. The van der Waals surface area contributed by atoms with Crippen molar-refractivity contribution in [3.05, 3.63) is 63.4 Å². The van der Waals surface area contributed by atoms with E-state index in [-0.39, 0.29) is 23.8 Å². The molecule has 2 amide bonds. The number of carbonyl (C=O) groups excluding carboxylic acids is 2. The Morgan fingerprint density at radius 1 is 1.25 bits per heavy atom. The number of nitrogens with one attached hydrogen (secondary N) is 1. The summed E-state index contributed by atoms with van der Waals surface area (Å²) in [5, 5.41) is 3.65. The quantitative estimate of drug-likeness (QED) is 0.472. The summed E-state index contributed by atoms with van der Waals surface area (Å²) in [6, 6.07) is 12.3. The Kier molecular flexibility index (Phi) is 6.01. The van der Waals surface area contributed by atoms with Crippen LogP contribution < -0.4 is 16.6 Å².